The van der Waals surface area contributed by atoms with Crippen molar-refractivity contribution in [1.29, 1.82) is 5.26 Å². The van der Waals surface area contributed by atoms with Gasteiger partial charge in [0.15, 0.2) is 5.69 Å². The van der Waals surface area contributed by atoms with Gasteiger partial charge in [-0.05, 0) is 6.92 Å². The number of hydrogen-bond donors (Lipinski definition) is 0. The van der Waals surface area contributed by atoms with Crippen LogP contribution in [0.4, 0.5) is 0 Å². The van der Waals surface area contributed by atoms with Crippen molar-refractivity contribution in [3.05, 3.63) is 17.5 Å². The Morgan fingerprint density at radius 1 is 1.75 bits per heavy atom. The van der Waals surface area contributed by atoms with E-state index in [-0.39, 0.29) is 0 Å². The molecule has 0 radical (unpaired) electrons. The standard InChI is InChI=1S/C8H11N3O/c1-7-6-11(3-4-12-2)10-8(7)5-9/h6H,3-4H2,1-2H3. The summed E-state index contributed by atoms with van der Waals surface area (Å²) in [5.41, 5.74) is 1.40. The highest BCUT2D eigenvalue weighted by atomic mass is 16.5. The molecule has 0 N–H and O–H groups in total. The molecule has 0 aliphatic rings. The van der Waals surface area contributed by atoms with Crippen LogP contribution in [0, 0.1) is 18.3 Å². The summed E-state index contributed by atoms with van der Waals surface area (Å²) >= 11 is 0. The van der Waals surface area contributed by atoms with E-state index in [0.29, 0.717) is 18.8 Å². The fraction of sp³-hybridized carbons (Fsp3) is 0.500. The van der Waals surface area contributed by atoms with Crippen LogP contribution in [-0.2, 0) is 11.3 Å². The molecule has 0 atom stereocenters. The summed E-state index contributed by atoms with van der Waals surface area (Å²) < 4.78 is 6.60. The predicted octanol–water partition coefficient (Wildman–Crippen LogP) is 0.710. The molecule has 0 saturated carbocycles. The van der Waals surface area contributed by atoms with Crippen LogP contribution in [0.15, 0.2) is 6.20 Å². The van der Waals surface area contributed by atoms with Gasteiger partial charge in [0.25, 0.3) is 0 Å². The summed E-state index contributed by atoms with van der Waals surface area (Å²) in [7, 11) is 1.64. The number of methoxy groups -OCH3 is 1. The van der Waals surface area contributed by atoms with Crippen LogP contribution < -0.4 is 0 Å². The van der Waals surface area contributed by atoms with Gasteiger partial charge in [-0.15, -0.1) is 0 Å². The normalized spacial score (nSPS) is 9.75. The Hall–Kier alpha value is -1.34. The van der Waals surface area contributed by atoms with Gasteiger partial charge < -0.3 is 4.74 Å². The van der Waals surface area contributed by atoms with Crippen molar-refractivity contribution in [3.63, 3.8) is 0 Å². The molecule has 0 unspecified atom stereocenters. The number of ether oxygens (including phenoxy) is 1. The number of hydrogen-bond acceptors (Lipinski definition) is 3. The molecule has 4 nitrogen and oxygen atoms in total. The van der Waals surface area contributed by atoms with Crippen molar-refractivity contribution in [2.24, 2.45) is 0 Å². The fourth-order valence-electron chi connectivity index (χ4n) is 0.931. The van der Waals surface area contributed by atoms with Gasteiger partial charge in [0, 0.05) is 18.9 Å². The van der Waals surface area contributed by atoms with Crippen LogP contribution in [0.3, 0.4) is 0 Å². The largest absolute Gasteiger partial charge is 0.383 e. The quantitative estimate of drug-likeness (QED) is 0.662. The average Bonchev–Trinajstić information content (AvgIpc) is 2.43. The van der Waals surface area contributed by atoms with Gasteiger partial charge >= 0.3 is 0 Å². The molecule has 0 aromatic carbocycles. The maximum Gasteiger partial charge on any atom is 0.165 e. The zero-order valence-corrected chi connectivity index (χ0v) is 7.24. The highest BCUT2D eigenvalue weighted by Gasteiger charge is 2.02. The molecule has 64 valence electrons. The molecule has 0 fully saturated rings. The molecule has 1 rings (SSSR count). The number of aromatic nitrogens is 2. The molecule has 4 heteroatoms. The minimum Gasteiger partial charge on any atom is -0.383 e. The Labute approximate surface area is 71.4 Å². The van der Waals surface area contributed by atoms with Crippen LogP contribution in [0.5, 0.6) is 0 Å². The smallest absolute Gasteiger partial charge is 0.165 e. The van der Waals surface area contributed by atoms with Crippen LogP contribution in [0.2, 0.25) is 0 Å². The Balaban J connectivity index is 2.70. The highest BCUT2D eigenvalue weighted by Crippen LogP contribution is 2.02. The molecule has 0 aliphatic heterocycles. The zero-order valence-electron chi connectivity index (χ0n) is 7.24. The van der Waals surface area contributed by atoms with Crippen molar-refractivity contribution in [2.75, 3.05) is 13.7 Å². The number of nitrogens with zero attached hydrogens (tertiary/aromatic N) is 3. The lowest BCUT2D eigenvalue weighted by Gasteiger charge is -1.97. The van der Waals surface area contributed by atoms with Gasteiger partial charge in [-0.25, -0.2) is 0 Å². The van der Waals surface area contributed by atoms with Crippen LogP contribution >= 0.6 is 0 Å². The SMILES string of the molecule is COCCn1cc(C)c(C#N)n1. The molecule has 12 heavy (non-hydrogen) atoms. The predicted molar refractivity (Wildman–Crippen MR) is 43.6 cm³/mol. The van der Waals surface area contributed by atoms with Crippen molar-refractivity contribution < 1.29 is 4.74 Å². The van der Waals surface area contributed by atoms with Crippen molar-refractivity contribution in [3.8, 4) is 6.07 Å². The molecule has 1 heterocycles. The van der Waals surface area contributed by atoms with Gasteiger partial charge in [-0.1, -0.05) is 0 Å². The van der Waals surface area contributed by atoms with Gasteiger partial charge in [0.1, 0.15) is 6.07 Å². The molecular weight excluding hydrogens is 154 g/mol. The molecule has 1 aromatic heterocycles. The Morgan fingerprint density at radius 3 is 3.00 bits per heavy atom. The summed E-state index contributed by atoms with van der Waals surface area (Å²) in [6.07, 6.45) is 1.84. The molecule has 0 spiro atoms. The molecule has 0 saturated heterocycles. The topological polar surface area (TPSA) is 50.8 Å². The van der Waals surface area contributed by atoms with Crippen LogP contribution in [0.1, 0.15) is 11.3 Å². The van der Waals surface area contributed by atoms with Crippen molar-refractivity contribution in [2.45, 2.75) is 13.5 Å². The maximum atomic E-state index is 8.60. The van der Waals surface area contributed by atoms with E-state index in [1.807, 2.05) is 19.2 Å². The first-order valence-corrected chi connectivity index (χ1v) is 3.71. The fourth-order valence-corrected chi connectivity index (χ4v) is 0.931. The highest BCUT2D eigenvalue weighted by molar-refractivity contribution is 5.27. The third kappa shape index (κ3) is 1.83. The monoisotopic (exact) mass is 165 g/mol. The van der Waals surface area contributed by atoms with Gasteiger partial charge in [0.05, 0.1) is 13.2 Å². The first kappa shape index (κ1) is 8.75. The second-order valence-electron chi connectivity index (χ2n) is 2.53. The van der Waals surface area contributed by atoms with Crippen molar-refractivity contribution >= 4 is 0 Å². The van der Waals surface area contributed by atoms with E-state index >= 15 is 0 Å². The first-order chi connectivity index (χ1) is 5.77. The van der Waals surface area contributed by atoms with Gasteiger partial charge in [-0.3, -0.25) is 4.68 Å². The van der Waals surface area contributed by atoms with Crippen LogP contribution in [-0.4, -0.2) is 23.5 Å². The summed E-state index contributed by atoms with van der Waals surface area (Å²) in [5, 5.41) is 12.6. The molecule has 0 bridgehead atoms. The maximum absolute atomic E-state index is 8.60. The molecule has 0 amide bonds. The summed E-state index contributed by atoms with van der Waals surface area (Å²) in [5.74, 6) is 0. The summed E-state index contributed by atoms with van der Waals surface area (Å²) in [6.45, 7) is 3.18. The molecule has 1 aromatic rings. The third-order valence-corrected chi connectivity index (χ3v) is 1.58. The van der Waals surface area contributed by atoms with E-state index in [1.165, 1.54) is 0 Å². The zero-order chi connectivity index (χ0) is 8.97. The summed E-state index contributed by atoms with van der Waals surface area (Å²) in [4.78, 5) is 0. The Bertz CT molecular complexity index is 298. The third-order valence-electron chi connectivity index (χ3n) is 1.58. The molecular formula is C8H11N3O. The van der Waals surface area contributed by atoms with E-state index in [4.69, 9.17) is 10.00 Å². The van der Waals surface area contributed by atoms with Crippen molar-refractivity contribution in [1.82, 2.24) is 9.78 Å². The number of aryl methyl sites for hydroxylation is 1. The average molecular weight is 165 g/mol. The number of rotatable bonds is 3. The van der Waals surface area contributed by atoms with Crippen LogP contribution in [0.25, 0.3) is 0 Å². The lowest BCUT2D eigenvalue weighted by molar-refractivity contribution is 0.183. The minimum atomic E-state index is 0.492. The van der Waals surface area contributed by atoms with Gasteiger partial charge in [0.2, 0.25) is 0 Å². The lowest BCUT2D eigenvalue weighted by atomic mass is 10.3. The van der Waals surface area contributed by atoms with E-state index in [1.54, 1.807) is 11.8 Å². The second-order valence-corrected chi connectivity index (χ2v) is 2.53. The summed E-state index contributed by atoms with van der Waals surface area (Å²) in [6, 6.07) is 2.02. The van der Waals surface area contributed by atoms with E-state index in [9.17, 15) is 0 Å². The Morgan fingerprint density at radius 2 is 2.50 bits per heavy atom. The van der Waals surface area contributed by atoms with E-state index in [0.717, 1.165) is 5.56 Å². The lowest BCUT2D eigenvalue weighted by Crippen LogP contribution is -2.04. The minimum absolute atomic E-state index is 0.492. The van der Waals surface area contributed by atoms with E-state index < -0.39 is 0 Å². The van der Waals surface area contributed by atoms with E-state index in [2.05, 4.69) is 5.10 Å². The Kier molecular flexibility index (Phi) is 2.83. The second kappa shape index (κ2) is 3.88. The molecule has 0 aliphatic carbocycles. The van der Waals surface area contributed by atoms with Gasteiger partial charge in [-0.2, -0.15) is 10.4 Å². The number of nitriles is 1. The first-order valence-electron chi connectivity index (χ1n) is 3.71.